The second kappa shape index (κ2) is 8.24. The van der Waals surface area contributed by atoms with E-state index in [1.165, 1.54) is 0 Å². The van der Waals surface area contributed by atoms with E-state index in [0.717, 1.165) is 12.8 Å². The average Bonchev–Trinajstić information content (AvgIpc) is 3.05. The molecule has 4 aliphatic rings. The summed E-state index contributed by atoms with van der Waals surface area (Å²) in [5.41, 5.74) is -2.27. The Balaban J connectivity index is 1.66. The summed E-state index contributed by atoms with van der Waals surface area (Å²) in [6.07, 6.45) is 11.6. The number of aliphatic hydroxyl groups is 2. The molecule has 32 heavy (non-hydrogen) atoms. The van der Waals surface area contributed by atoms with Crippen molar-refractivity contribution in [2.75, 3.05) is 0 Å². The molecule has 3 nitrogen and oxygen atoms in total. The third-order valence-corrected chi connectivity index (χ3v) is 11.2. The monoisotopic (exact) mass is 462 g/mol. The minimum Gasteiger partial charge on any atom is -0.393 e. The summed E-state index contributed by atoms with van der Waals surface area (Å²) in [4.78, 5) is 13.2. The molecule has 3 saturated carbocycles. The van der Waals surface area contributed by atoms with Gasteiger partial charge in [0.05, 0.1) is 22.5 Å². The first-order valence-electron chi connectivity index (χ1n) is 12.8. The van der Waals surface area contributed by atoms with Gasteiger partial charge in [0.15, 0.2) is 5.78 Å². The van der Waals surface area contributed by atoms with Gasteiger partial charge in [0.1, 0.15) is 0 Å². The Bertz CT molecular complexity index is 804. The molecule has 0 aromatic heterocycles. The van der Waals surface area contributed by atoms with Crippen LogP contribution in [0.3, 0.4) is 0 Å². The fraction of sp³-hybridized carbons (Fsp3) is 0.821. The Hall–Kier alpha value is -0.640. The molecule has 0 heterocycles. The first-order valence-corrected chi connectivity index (χ1v) is 13.2. The number of ketones is 1. The Morgan fingerprint density at radius 1 is 1.16 bits per heavy atom. The lowest BCUT2D eigenvalue weighted by molar-refractivity contribution is -0.214. The van der Waals surface area contributed by atoms with E-state index in [1.54, 1.807) is 12.2 Å². The summed E-state index contributed by atoms with van der Waals surface area (Å²) in [5.74, 6) is 2.46. The Kier molecular flexibility index (Phi) is 6.30. The van der Waals surface area contributed by atoms with Gasteiger partial charge in [0.25, 0.3) is 0 Å². The van der Waals surface area contributed by atoms with Crippen molar-refractivity contribution in [3.8, 4) is 0 Å². The van der Waals surface area contributed by atoms with E-state index in [4.69, 9.17) is 11.6 Å². The molecular formula is C28H43ClO3. The molecular weight excluding hydrogens is 420 g/mol. The van der Waals surface area contributed by atoms with E-state index < -0.39 is 22.5 Å². The third-order valence-electron chi connectivity index (χ3n) is 10.7. The SMILES string of the molecule is CC(C)[C@@H](C)C=C[C@@H](C)[C@H]1CC[C@H]2[C@@H]3C[C@H](Cl)[C@]4(O)CC=CC(=O)[C@]4(C)[C@H]3[C@H](O)C[C@]12C. The van der Waals surface area contributed by atoms with Gasteiger partial charge in [-0.15, -0.1) is 11.6 Å². The molecule has 0 unspecified atom stereocenters. The van der Waals surface area contributed by atoms with Gasteiger partial charge in [-0.3, -0.25) is 4.79 Å². The predicted octanol–water partition coefficient (Wildman–Crippen LogP) is 5.78. The van der Waals surface area contributed by atoms with Crippen molar-refractivity contribution in [1.82, 2.24) is 0 Å². The number of allylic oxidation sites excluding steroid dienone is 3. The average molecular weight is 463 g/mol. The number of fused-ring (bicyclic) bond motifs is 5. The van der Waals surface area contributed by atoms with Gasteiger partial charge in [-0.2, -0.15) is 0 Å². The first kappa shape index (κ1) is 24.5. The van der Waals surface area contributed by atoms with Crippen molar-refractivity contribution in [3.63, 3.8) is 0 Å². The maximum absolute atomic E-state index is 13.2. The minimum absolute atomic E-state index is 0.0292. The summed E-state index contributed by atoms with van der Waals surface area (Å²) in [7, 11) is 0. The number of carbonyl (C=O) groups excluding carboxylic acids is 1. The first-order chi connectivity index (χ1) is 14.9. The topological polar surface area (TPSA) is 57.5 Å². The van der Waals surface area contributed by atoms with Crippen molar-refractivity contribution in [2.24, 2.45) is 52.3 Å². The van der Waals surface area contributed by atoms with Crippen LogP contribution >= 0.6 is 11.6 Å². The minimum atomic E-state index is -1.28. The Morgan fingerprint density at radius 3 is 2.50 bits per heavy atom. The van der Waals surface area contributed by atoms with Crippen molar-refractivity contribution < 1.29 is 15.0 Å². The standard InChI is InChI=1S/C28H43ClO3/c1-16(2)17(3)9-10-18(4)20-11-12-21-19-14-23(29)28(32)13-7-8-24(31)27(28,6)25(19)22(30)15-26(20,21)5/h7-10,16-23,25,30,32H,11-15H2,1-6H3/t17-,18+,19-,20+,21-,22+,23-,25+,26+,27+,28+/m0/s1. The van der Waals surface area contributed by atoms with E-state index in [0.29, 0.717) is 48.9 Å². The normalized spacial score (nSPS) is 50.2. The molecule has 4 heteroatoms. The van der Waals surface area contributed by atoms with E-state index >= 15 is 0 Å². The van der Waals surface area contributed by atoms with Crippen LogP contribution in [0.2, 0.25) is 0 Å². The Morgan fingerprint density at radius 2 is 1.84 bits per heavy atom. The van der Waals surface area contributed by atoms with Crippen molar-refractivity contribution in [2.45, 2.75) is 90.7 Å². The fourth-order valence-electron chi connectivity index (χ4n) is 8.39. The highest BCUT2D eigenvalue weighted by Crippen LogP contribution is 2.68. The van der Waals surface area contributed by atoms with Gasteiger partial charge in [-0.1, -0.05) is 52.8 Å². The highest BCUT2D eigenvalue weighted by Gasteiger charge is 2.70. The molecule has 0 radical (unpaired) electrons. The lowest BCUT2D eigenvalue weighted by Crippen LogP contribution is -2.70. The van der Waals surface area contributed by atoms with E-state index in [9.17, 15) is 15.0 Å². The number of halogens is 1. The second-order valence-electron chi connectivity index (χ2n) is 12.4. The number of hydrogen-bond donors (Lipinski definition) is 2. The van der Waals surface area contributed by atoms with Crippen molar-refractivity contribution >= 4 is 17.4 Å². The molecule has 0 bridgehead atoms. The summed E-state index contributed by atoms with van der Waals surface area (Å²) < 4.78 is 0. The zero-order valence-corrected chi connectivity index (χ0v) is 21.5. The lowest BCUT2D eigenvalue weighted by atomic mass is 9.42. The molecule has 0 aromatic rings. The summed E-state index contributed by atoms with van der Waals surface area (Å²) >= 11 is 6.87. The molecule has 180 valence electrons. The van der Waals surface area contributed by atoms with Crippen LogP contribution in [-0.2, 0) is 4.79 Å². The number of hydrogen-bond acceptors (Lipinski definition) is 3. The smallest absolute Gasteiger partial charge is 0.164 e. The number of alkyl halides is 1. The van der Waals surface area contributed by atoms with Gasteiger partial charge in [0.2, 0.25) is 0 Å². The molecule has 0 spiro atoms. The van der Waals surface area contributed by atoms with Gasteiger partial charge in [0, 0.05) is 5.92 Å². The highest BCUT2D eigenvalue weighted by atomic mass is 35.5. The maximum Gasteiger partial charge on any atom is 0.164 e. The fourth-order valence-corrected chi connectivity index (χ4v) is 8.91. The zero-order valence-electron chi connectivity index (χ0n) is 20.7. The molecule has 0 amide bonds. The highest BCUT2D eigenvalue weighted by molar-refractivity contribution is 6.22. The lowest BCUT2D eigenvalue weighted by Gasteiger charge is -2.64. The van der Waals surface area contributed by atoms with E-state index in [-0.39, 0.29) is 23.0 Å². The van der Waals surface area contributed by atoms with Crippen LogP contribution in [0.5, 0.6) is 0 Å². The third kappa shape index (κ3) is 3.32. The molecule has 0 aromatic carbocycles. The van der Waals surface area contributed by atoms with Crippen molar-refractivity contribution in [1.29, 1.82) is 0 Å². The molecule has 0 saturated heterocycles. The van der Waals surface area contributed by atoms with Gasteiger partial charge in [-0.25, -0.2) is 0 Å². The molecule has 0 aliphatic heterocycles. The van der Waals surface area contributed by atoms with Gasteiger partial charge < -0.3 is 10.2 Å². The number of aliphatic hydroxyl groups excluding tert-OH is 1. The van der Waals surface area contributed by atoms with Crippen LogP contribution in [0.25, 0.3) is 0 Å². The number of carbonyl (C=O) groups is 1. The second-order valence-corrected chi connectivity index (χ2v) is 12.9. The van der Waals surface area contributed by atoms with Crippen LogP contribution in [0.1, 0.15) is 73.6 Å². The van der Waals surface area contributed by atoms with E-state index in [1.807, 2.05) is 6.92 Å². The predicted molar refractivity (Wildman–Crippen MR) is 130 cm³/mol. The molecule has 4 aliphatic carbocycles. The zero-order chi connectivity index (χ0) is 23.6. The van der Waals surface area contributed by atoms with Crippen LogP contribution < -0.4 is 0 Å². The van der Waals surface area contributed by atoms with Crippen LogP contribution in [0.15, 0.2) is 24.3 Å². The largest absolute Gasteiger partial charge is 0.393 e. The van der Waals surface area contributed by atoms with Crippen LogP contribution in [0, 0.1) is 52.3 Å². The van der Waals surface area contributed by atoms with Gasteiger partial charge in [-0.05, 0) is 86.0 Å². The van der Waals surface area contributed by atoms with Crippen LogP contribution in [-0.4, -0.2) is 33.1 Å². The summed E-state index contributed by atoms with van der Waals surface area (Å²) in [5, 5.41) is 22.7. The molecule has 11 atom stereocenters. The number of rotatable bonds is 4. The van der Waals surface area contributed by atoms with E-state index in [2.05, 4.69) is 46.8 Å². The maximum atomic E-state index is 13.2. The van der Waals surface area contributed by atoms with Crippen molar-refractivity contribution in [3.05, 3.63) is 24.3 Å². The van der Waals surface area contributed by atoms with Gasteiger partial charge >= 0.3 is 0 Å². The molecule has 4 rings (SSSR count). The Labute approximate surface area is 199 Å². The summed E-state index contributed by atoms with van der Waals surface area (Å²) in [6, 6.07) is 0. The van der Waals surface area contributed by atoms with Crippen LogP contribution in [0.4, 0.5) is 0 Å². The summed E-state index contributed by atoms with van der Waals surface area (Å²) in [6.45, 7) is 13.4. The molecule has 2 N–H and O–H groups in total. The quantitative estimate of drug-likeness (QED) is 0.411. The molecule has 3 fully saturated rings.